The van der Waals surface area contributed by atoms with Crippen molar-refractivity contribution < 1.29 is 33.0 Å². The van der Waals surface area contributed by atoms with Gasteiger partial charge in [-0.25, -0.2) is 4.98 Å². The summed E-state index contributed by atoms with van der Waals surface area (Å²) in [6.07, 6.45) is 5.38. The largest absolute Gasteiger partial charge is 0.474 e. The molecule has 5 aromatic rings. The lowest BCUT2D eigenvalue weighted by Crippen LogP contribution is -2.19. The van der Waals surface area contributed by atoms with E-state index < -0.39 is 5.92 Å². The van der Waals surface area contributed by atoms with E-state index >= 15 is 0 Å². The van der Waals surface area contributed by atoms with Gasteiger partial charge in [0.1, 0.15) is 24.9 Å². The summed E-state index contributed by atoms with van der Waals surface area (Å²) < 4.78 is 34.1. The molecule has 4 heterocycles. The second kappa shape index (κ2) is 15.2. The van der Waals surface area contributed by atoms with Crippen LogP contribution in [-0.2, 0) is 14.3 Å². The van der Waals surface area contributed by atoms with Gasteiger partial charge in [-0.2, -0.15) is 5.10 Å². The molecule has 0 fully saturated rings. The molecule has 47 heavy (non-hydrogen) atoms. The number of hydrogen-bond acceptors (Lipinski definition) is 13. The summed E-state index contributed by atoms with van der Waals surface area (Å²) >= 11 is 0. The fourth-order valence-electron chi connectivity index (χ4n) is 4.88. The van der Waals surface area contributed by atoms with E-state index in [0.717, 1.165) is 16.7 Å². The molecule has 0 aliphatic heterocycles. The summed E-state index contributed by atoms with van der Waals surface area (Å²) in [6.45, 7) is 6.35. The zero-order valence-electron chi connectivity index (χ0n) is 26.8. The highest BCUT2D eigenvalue weighted by Crippen LogP contribution is 2.33. The molecular formula is C33H37N7O7. The van der Waals surface area contributed by atoms with E-state index in [1.807, 2.05) is 68.0 Å². The molecule has 4 aromatic heterocycles. The number of methoxy groups -OCH3 is 2. The topological polar surface area (TPSA) is 172 Å². The van der Waals surface area contributed by atoms with Gasteiger partial charge in [-0.15, -0.1) is 10.2 Å². The Morgan fingerprint density at radius 2 is 1.72 bits per heavy atom. The third-order valence-electron chi connectivity index (χ3n) is 7.39. The summed E-state index contributed by atoms with van der Waals surface area (Å²) in [7, 11) is 2.90. The van der Waals surface area contributed by atoms with Crippen LogP contribution >= 0.6 is 0 Å². The molecule has 0 bridgehead atoms. The zero-order valence-corrected chi connectivity index (χ0v) is 26.8. The highest BCUT2D eigenvalue weighted by atomic mass is 16.7. The Bertz CT molecular complexity index is 1770. The molecule has 2 N–H and O–H groups in total. The summed E-state index contributed by atoms with van der Waals surface area (Å²) in [5.41, 5.74) is 10.0. The molecule has 0 aliphatic rings. The third-order valence-corrected chi connectivity index (χ3v) is 7.39. The molecule has 246 valence electrons. The lowest BCUT2D eigenvalue weighted by Gasteiger charge is -2.14. The normalized spacial score (nSPS) is 12.5. The molecule has 0 aliphatic carbocycles. The number of nitrogens with two attached hydrogens (primary N) is 1. The molecule has 14 heteroatoms. The van der Waals surface area contributed by atoms with Gasteiger partial charge in [0, 0.05) is 48.3 Å². The van der Waals surface area contributed by atoms with Gasteiger partial charge in [0.2, 0.25) is 5.88 Å². The van der Waals surface area contributed by atoms with Crippen molar-refractivity contribution in [3.8, 4) is 39.9 Å². The van der Waals surface area contributed by atoms with Crippen molar-refractivity contribution >= 4 is 11.8 Å². The van der Waals surface area contributed by atoms with Gasteiger partial charge in [-0.3, -0.25) is 9.48 Å². The average Bonchev–Trinajstić information content (AvgIpc) is 3.76. The van der Waals surface area contributed by atoms with Gasteiger partial charge in [-0.05, 0) is 47.8 Å². The number of nitrogens with zero attached hydrogens (tertiary/aromatic N) is 6. The number of anilines is 1. The van der Waals surface area contributed by atoms with Gasteiger partial charge in [0.05, 0.1) is 25.0 Å². The van der Waals surface area contributed by atoms with Gasteiger partial charge in [-0.1, -0.05) is 26.0 Å². The maximum Gasteiger partial charge on any atom is 0.316 e. The molecule has 0 saturated carbocycles. The van der Waals surface area contributed by atoms with Crippen molar-refractivity contribution in [1.29, 1.82) is 0 Å². The molecule has 1 aromatic carbocycles. The highest BCUT2D eigenvalue weighted by molar-refractivity contribution is 5.79. The summed E-state index contributed by atoms with van der Waals surface area (Å²) in [6, 6.07) is 14.6. The monoisotopic (exact) mass is 643 g/mol. The number of benzene rings is 1. The van der Waals surface area contributed by atoms with E-state index in [-0.39, 0.29) is 49.6 Å². The summed E-state index contributed by atoms with van der Waals surface area (Å²) in [5.74, 6) is 1.02. The van der Waals surface area contributed by atoms with E-state index in [0.29, 0.717) is 28.6 Å². The molecule has 0 spiro atoms. The summed E-state index contributed by atoms with van der Waals surface area (Å²) in [5, 5.41) is 17.0. The van der Waals surface area contributed by atoms with Gasteiger partial charge in [0.25, 0.3) is 5.88 Å². The zero-order chi connectivity index (χ0) is 33.3. The number of para-hydroxylation sites is 1. The number of hydrogen-bond donors (Lipinski definition) is 1. The molecule has 14 nitrogen and oxygen atoms in total. The van der Waals surface area contributed by atoms with Crippen LogP contribution in [0.1, 0.15) is 44.1 Å². The number of carbonyl (C=O) groups is 1. The Labute approximate surface area is 271 Å². The molecule has 2 unspecified atom stereocenters. The lowest BCUT2D eigenvalue weighted by atomic mass is 9.93. The van der Waals surface area contributed by atoms with Crippen molar-refractivity contribution in [3.63, 3.8) is 0 Å². The van der Waals surface area contributed by atoms with E-state index in [1.54, 1.807) is 31.6 Å². The van der Waals surface area contributed by atoms with Crippen LogP contribution in [-0.4, -0.2) is 70.3 Å². The molecule has 0 radical (unpaired) electrons. The standard InChI is InChI=1S/C33H37N7O7/c1-20(2)31(33(41)43-5)28-15-30(39-47-28)45-13-12-44-29-11-10-22(16-35-29)21(3)40-18-23(17-36-40)25-14-26(37-38-32(25)34)24-8-6-7-9-27(24)46-19-42-4/h6-11,14-18,20-21,31H,12-13,19H2,1-5H3,(H2,34,38). The number of rotatable bonds is 15. The first-order chi connectivity index (χ1) is 22.8. The van der Waals surface area contributed by atoms with Crippen LogP contribution in [0.25, 0.3) is 22.4 Å². The number of esters is 1. The fourth-order valence-corrected chi connectivity index (χ4v) is 4.88. The van der Waals surface area contributed by atoms with Gasteiger partial charge < -0.3 is 33.9 Å². The Kier molecular flexibility index (Phi) is 10.6. The maximum atomic E-state index is 12.1. The second-order valence-corrected chi connectivity index (χ2v) is 10.9. The van der Waals surface area contributed by atoms with Crippen LogP contribution in [0.15, 0.2) is 71.6 Å². The van der Waals surface area contributed by atoms with Crippen molar-refractivity contribution in [2.75, 3.05) is 40.0 Å². The summed E-state index contributed by atoms with van der Waals surface area (Å²) in [4.78, 5) is 16.5. The quantitative estimate of drug-likeness (QED) is 0.0925. The first-order valence-electron chi connectivity index (χ1n) is 14.9. The fraction of sp³-hybridized carbons (Fsp3) is 0.333. The predicted molar refractivity (Wildman–Crippen MR) is 171 cm³/mol. The minimum absolute atomic E-state index is 0.0273. The Morgan fingerprint density at radius 3 is 2.45 bits per heavy atom. The maximum absolute atomic E-state index is 12.1. The van der Waals surface area contributed by atoms with Crippen LogP contribution in [0.3, 0.4) is 0 Å². The van der Waals surface area contributed by atoms with Crippen LogP contribution in [0.5, 0.6) is 17.5 Å². The number of pyridine rings is 1. The Morgan fingerprint density at radius 1 is 0.936 bits per heavy atom. The van der Waals surface area contributed by atoms with Crippen molar-refractivity contribution in [1.82, 2.24) is 30.1 Å². The molecular weight excluding hydrogens is 606 g/mol. The van der Waals surface area contributed by atoms with Gasteiger partial charge >= 0.3 is 5.97 Å². The Balaban J connectivity index is 1.18. The number of nitrogen functional groups attached to an aromatic ring is 1. The smallest absolute Gasteiger partial charge is 0.316 e. The van der Waals surface area contributed by atoms with Gasteiger partial charge in [0.15, 0.2) is 18.4 Å². The molecule has 5 rings (SSSR count). The minimum Gasteiger partial charge on any atom is -0.474 e. The van der Waals surface area contributed by atoms with E-state index in [4.69, 9.17) is 33.9 Å². The highest BCUT2D eigenvalue weighted by Gasteiger charge is 2.29. The first-order valence-corrected chi connectivity index (χ1v) is 14.9. The first kappa shape index (κ1) is 32.9. The number of ether oxygens (including phenoxy) is 5. The van der Waals surface area contributed by atoms with Crippen molar-refractivity contribution in [2.45, 2.75) is 32.7 Å². The van der Waals surface area contributed by atoms with Crippen LogP contribution in [0.4, 0.5) is 5.82 Å². The third kappa shape index (κ3) is 7.84. The molecule has 0 amide bonds. The van der Waals surface area contributed by atoms with E-state index in [1.165, 1.54) is 7.11 Å². The second-order valence-electron chi connectivity index (χ2n) is 10.9. The number of aromatic nitrogens is 6. The SMILES string of the molecule is COCOc1ccccc1-c1cc(-c2cnn(C(C)c3ccc(OCCOc4cc(C(C(=O)OC)C(C)C)on4)nc3)c2)c(N)nn1. The van der Waals surface area contributed by atoms with Crippen LogP contribution in [0, 0.1) is 5.92 Å². The minimum atomic E-state index is -0.562. The van der Waals surface area contributed by atoms with Crippen LogP contribution in [0.2, 0.25) is 0 Å². The lowest BCUT2D eigenvalue weighted by molar-refractivity contribution is -0.144. The Hall–Kier alpha value is -5.50. The van der Waals surface area contributed by atoms with Crippen molar-refractivity contribution in [2.24, 2.45) is 5.92 Å². The average molecular weight is 644 g/mol. The van der Waals surface area contributed by atoms with Crippen molar-refractivity contribution in [3.05, 3.63) is 78.4 Å². The molecule has 0 saturated heterocycles. The van der Waals surface area contributed by atoms with E-state index in [9.17, 15) is 4.79 Å². The van der Waals surface area contributed by atoms with Crippen LogP contribution < -0.4 is 19.9 Å². The predicted octanol–water partition coefficient (Wildman–Crippen LogP) is 4.93. The van der Waals surface area contributed by atoms with E-state index in [2.05, 4.69) is 25.4 Å². The molecule has 2 atom stereocenters. The number of carbonyl (C=O) groups excluding carboxylic acids is 1.